The van der Waals surface area contributed by atoms with Crippen LogP contribution in [-0.4, -0.2) is 55.0 Å². The second-order valence-electron chi connectivity index (χ2n) is 5.69. The molecule has 3 rings (SSSR count). The molecule has 1 aromatic heterocycles. The van der Waals surface area contributed by atoms with Crippen molar-refractivity contribution in [2.75, 3.05) is 20.6 Å². The molecule has 0 unspecified atom stereocenters. The Morgan fingerprint density at radius 2 is 1.75 bits per heavy atom. The van der Waals surface area contributed by atoms with Gasteiger partial charge < -0.3 is 0 Å². The van der Waals surface area contributed by atoms with Crippen LogP contribution in [0.3, 0.4) is 0 Å². The smallest absolute Gasteiger partial charge is 0.223 e. The number of imidazole rings is 1. The number of fused-ring (bicyclic) bond motifs is 1. The van der Waals surface area contributed by atoms with Crippen molar-refractivity contribution in [1.82, 2.24) is 17.6 Å². The fourth-order valence-corrected chi connectivity index (χ4v) is 4.72. The van der Waals surface area contributed by atoms with E-state index in [1.165, 1.54) is 18.4 Å². The highest BCUT2D eigenvalue weighted by molar-refractivity contribution is 7.89. The number of hydrogen-bond donors (Lipinski definition) is 0. The molecule has 1 aliphatic rings. The van der Waals surface area contributed by atoms with Gasteiger partial charge in [-0.05, 0) is 17.5 Å². The molecule has 0 fully saturated rings. The summed E-state index contributed by atoms with van der Waals surface area (Å²) in [6.07, 6.45) is 2.65. The van der Waals surface area contributed by atoms with Gasteiger partial charge in [-0.25, -0.2) is 17.4 Å². The summed E-state index contributed by atoms with van der Waals surface area (Å²) in [4.78, 5) is 3.80. The van der Waals surface area contributed by atoms with Gasteiger partial charge >= 0.3 is 10.2 Å². The number of sulfonamides is 1. The van der Waals surface area contributed by atoms with Gasteiger partial charge in [-0.2, -0.15) is 17.0 Å². The van der Waals surface area contributed by atoms with Crippen molar-refractivity contribution < 1.29 is 16.8 Å². The van der Waals surface area contributed by atoms with Gasteiger partial charge in [0.2, 0.25) is 0 Å². The van der Waals surface area contributed by atoms with Crippen LogP contribution in [0.4, 0.5) is 0 Å². The molecule has 0 radical (unpaired) electrons. The molecule has 0 aliphatic carbocycles. The van der Waals surface area contributed by atoms with Crippen molar-refractivity contribution in [2.45, 2.75) is 18.0 Å². The van der Waals surface area contributed by atoms with Crippen LogP contribution in [0.15, 0.2) is 41.8 Å². The maximum atomic E-state index is 12.7. The zero-order valence-electron chi connectivity index (χ0n) is 13.3. The van der Waals surface area contributed by atoms with Crippen LogP contribution in [0.1, 0.15) is 11.1 Å². The topological polar surface area (TPSA) is 92.6 Å². The van der Waals surface area contributed by atoms with E-state index >= 15 is 0 Å². The number of aromatic nitrogens is 2. The SMILES string of the molecule is CN(C)S(=O)(=O)n1cnc(S(=O)(=O)N2CCc3ccccc3C2)c1. The van der Waals surface area contributed by atoms with Crippen LogP contribution in [0, 0.1) is 0 Å². The highest BCUT2D eigenvalue weighted by atomic mass is 32.2. The zero-order chi connectivity index (χ0) is 17.5. The first-order chi connectivity index (χ1) is 11.2. The van der Waals surface area contributed by atoms with Gasteiger partial charge in [-0.3, -0.25) is 0 Å². The van der Waals surface area contributed by atoms with Crippen LogP contribution < -0.4 is 0 Å². The van der Waals surface area contributed by atoms with Crippen LogP contribution >= 0.6 is 0 Å². The number of rotatable bonds is 4. The van der Waals surface area contributed by atoms with Crippen molar-refractivity contribution in [1.29, 1.82) is 0 Å². The highest BCUT2D eigenvalue weighted by Crippen LogP contribution is 2.24. The largest absolute Gasteiger partial charge is 0.308 e. The quantitative estimate of drug-likeness (QED) is 0.771. The lowest BCUT2D eigenvalue weighted by Crippen LogP contribution is -2.36. The average molecular weight is 370 g/mol. The minimum Gasteiger partial charge on any atom is -0.223 e. The molecule has 8 nitrogen and oxygen atoms in total. The molecule has 0 saturated carbocycles. The molecule has 0 saturated heterocycles. The third kappa shape index (κ3) is 2.86. The van der Waals surface area contributed by atoms with Crippen molar-refractivity contribution >= 4 is 20.2 Å². The summed E-state index contributed by atoms with van der Waals surface area (Å²) >= 11 is 0. The maximum absolute atomic E-state index is 12.7. The Morgan fingerprint density at radius 3 is 2.42 bits per heavy atom. The first-order valence-electron chi connectivity index (χ1n) is 7.27. The van der Waals surface area contributed by atoms with E-state index in [0.29, 0.717) is 13.0 Å². The van der Waals surface area contributed by atoms with Gasteiger partial charge in [0.25, 0.3) is 10.0 Å². The molecule has 10 heteroatoms. The molecule has 1 aliphatic heterocycles. The van der Waals surface area contributed by atoms with Crippen molar-refractivity contribution in [3.8, 4) is 0 Å². The molecule has 130 valence electrons. The Kier molecular flexibility index (Phi) is 4.24. The van der Waals surface area contributed by atoms with E-state index in [9.17, 15) is 16.8 Å². The lowest BCUT2D eigenvalue weighted by atomic mass is 10.0. The Labute approximate surface area is 141 Å². The monoisotopic (exact) mass is 370 g/mol. The van der Waals surface area contributed by atoms with Gasteiger partial charge in [0.15, 0.2) is 5.03 Å². The zero-order valence-corrected chi connectivity index (χ0v) is 15.0. The van der Waals surface area contributed by atoms with E-state index in [2.05, 4.69) is 4.98 Å². The summed E-state index contributed by atoms with van der Waals surface area (Å²) in [5.41, 5.74) is 2.08. The number of benzene rings is 1. The number of hydrogen-bond acceptors (Lipinski definition) is 5. The third-order valence-electron chi connectivity index (χ3n) is 3.96. The predicted octanol–water partition coefficient (Wildman–Crippen LogP) is 0.285. The van der Waals surface area contributed by atoms with Gasteiger partial charge in [-0.1, -0.05) is 24.3 Å². The lowest BCUT2D eigenvalue weighted by molar-refractivity contribution is 0.390. The first-order valence-corrected chi connectivity index (χ1v) is 10.1. The minimum absolute atomic E-state index is 0.256. The Bertz CT molecular complexity index is 964. The standard InChI is InChI=1S/C14H18N4O4S2/c1-16(2)24(21,22)18-10-14(15-11-18)23(19,20)17-8-7-12-5-3-4-6-13(12)9-17/h3-6,10-11H,7-9H2,1-2H3. The molecule has 0 N–H and O–H groups in total. The molecule has 2 aromatic rings. The maximum Gasteiger partial charge on any atom is 0.308 e. The molecule has 0 bridgehead atoms. The second-order valence-corrected chi connectivity index (χ2v) is 9.62. The van der Waals surface area contributed by atoms with Crippen LogP contribution in [0.25, 0.3) is 0 Å². The summed E-state index contributed by atoms with van der Waals surface area (Å²) < 4.78 is 52.7. The van der Waals surface area contributed by atoms with Crippen molar-refractivity contribution in [3.05, 3.63) is 47.9 Å². The molecule has 2 heterocycles. The normalized spacial score (nSPS) is 16.3. The van der Waals surface area contributed by atoms with E-state index in [-0.39, 0.29) is 11.6 Å². The van der Waals surface area contributed by atoms with Crippen LogP contribution in [0.2, 0.25) is 0 Å². The van der Waals surface area contributed by atoms with Crippen LogP contribution in [-0.2, 0) is 33.2 Å². The van der Waals surface area contributed by atoms with Gasteiger partial charge in [0.05, 0.1) is 6.20 Å². The van der Waals surface area contributed by atoms with E-state index in [1.807, 2.05) is 24.3 Å². The Morgan fingerprint density at radius 1 is 1.08 bits per heavy atom. The first kappa shape index (κ1) is 17.1. The molecule has 1 aromatic carbocycles. The Hall–Kier alpha value is -1.75. The van der Waals surface area contributed by atoms with E-state index in [0.717, 1.165) is 31.9 Å². The highest BCUT2D eigenvalue weighted by Gasteiger charge is 2.31. The fourth-order valence-electron chi connectivity index (χ4n) is 2.54. The van der Waals surface area contributed by atoms with Crippen molar-refractivity contribution in [2.24, 2.45) is 0 Å². The van der Waals surface area contributed by atoms with E-state index in [1.54, 1.807) is 0 Å². The van der Waals surface area contributed by atoms with E-state index in [4.69, 9.17) is 0 Å². The molecular formula is C14H18N4O4S2. The third-order valence-corrected chi connectivity index (χ3v) is 7.35. The fraction of sp³-hybridized carbons (Fsp3) is 0.357. The van der Waals surface area contributed by atoms with Gasteiger partial charge in [0, 0.05) is 27.2 Å². The molecule has 0 amide bonds. The van der Waals surface area contributed by atoms with Gasteiger partial charge in [-0.15, -0.1) is 0 Å². The minimum atomic E-state index is -3.85. The Balaban J connectivity index is 1.92. The summed E-state index contributed by atoms with van der Waals surface area (Å²) in [7, 11) is -4.91. The molecule has 0 spiro atoms. The number of nitrogens with zero attached hydrogens (tertiary/aromatic N) is 4. The lowest BCUT2D eigenvalue weighted by Gasteiger charge is -2.27. The molecule has 0 atom stereocenters. The summed E-state index contributed by atoms with van der Waals surface area (Å²) in [6.45, 7) is 0.596. The predicted molar refractivity (Wildman–Crippen MR) is 88.0 cm³/mol. The summed E-state index contributed by atoms with van der Waals surface area (Å²) in [5.74, 6) is 0. The van der Waals surface area contributed by atoms with Crippen LogP contribution in [0.5, 0.6) is 0 Å². The van der Waals surface area contributed by atoms with Crippen molar-refractivity contribution in [3.63, 3.8) is 0 Å². The van der Waals surface area contributed by atoms with Gasteiger partial charge in [0.1, 0.15) is 6.33 Å². The summed E-state index contributed by atoms with van der Waals surface area (Å²) in [6, 6.07) is 7.67. The summed E-state index contributed by atoms with van der Waals surface area (Å²) in [5, 5.41) is -0.271. The second kappa shape index (κ2) is 5.96. The molecular weight excluding hydrogens is 352 g/mol. The average Bonchev–Trinajstić information content (AvgIpc) is 3.05. The van der Waals surface area contributed by atoms with E-state index < -0.39 is 20.2 Å². The molecule has 24 heavy (non-hydrogen) atoms.